The van der Waals surface area contributed by atoms with Gasteiger partial charge in [0.05, 0.1) is 12.7 Å². The molecule has 2 rings (SSSR count). The Labute approximate surface area is 151 Å². The molecule has 2 N–H and O–H groups in total. The molecule has 25 heavy (non-hydrogen) atoms. The third kappa shape index (κ3) is 6.30. The van der Waals surface area contributed by atoms with Gasteiger partial charge < -0.3 is 14.7 Å². The molecule has 0 aliphatic carbocycles. The van der Waals surface area contributed by atoms with E-state index in [1.54, 1.807) is 0 Å². The van der Waals surface area contributed by atoms with Crippen LogP contribution in [-0.4, -0.2) is 41.0 Å². The van der Waals surface area contributed by atoms with E-state index < -0.39 is 26.1 Å². The van der Waals surface area contributed by atoms with E-state index in [9.17, 15) is 14.6 Å². The van der Waals surface area contributed by atoms with Crippen LogP contribution in [0.3, 0.4) is 0 Å². The van der Waals surface area contributed by atoms with Gasteiger partial charge in [-0.15, -0.1) is 0 Å². The number of hydrogen-bond acceptors (Lipinski definition) is 5. The smallest absolute Gasteiger partial charge is 0.388 e. The number of hydrogen-bond donors (Lipinski definition) is 2. The summed E-state index contributed by atoms with van der Waals surface area (Å²) in [6, 6.07) is 0. The lowest BCUT2D eigenvalue weighted by atomic mass is 9.87. The van der Waals surface area contributed by atoms with Crippen molar-refractivity contribution in [2.45, 2.75) is 102 Å². The van der Waals surface area contributed by atoms with Crippen molar-refractivity contribution in [3.8, 4) is 0 Å². The molecule has 5 atom stereocenters. The zero-order valence-electron chi connectivity index (χ0n) is 15.6. The van der Waals surface area contributed by atoms with E-state index in [0.29, 0.717) is 0 Å². The van der Waals surface area contributed by atoms with Crippen molar-refractivity contribution >= 4 is 7.82 Å². The number of unbranched alkanes of at least 4 members (excludes halogenated alkanes) is 6. The number of aliphatic hydroxyl groups excluding tert-OH is 1. The number of ether oxygens (including phenoxy) is 1. The van der Waals surface area contributed by atoms with Crippen LogP contribution in [-0.2, 0) is 18.3 Å². The second kappa shape index (κ2) is 10.4. The highest BCUT2D eigenvalue weighted by Crippen LogP contribution is 2.52. The molecule has 0 saturated carbocycles. The van der Waals surface area contributed by atoms with Gasteiger partial charge in [-0.3, -0.25) is 9.05 Å². The standard InChI is InChI=1S/C18H35O6P/c1-3-5-7-9-11-14(12-10-8-6-4-2)17-16(19)18-15(23-17)13-22-25(20,21)24-18/h14-19H,3-13H2,1-2H3,(H,20,21). The maximum atomic E-state index is 11.6. The maximum absolute atomic E-state index is 11.6. The molecule has 7 heteroatoms. The number of fused-ring (bicyclic) bond motifs is 1. The summed E-state index contributed by atoms with van der Waals surface area (Å²) in [7, 11) is -4.05. The van der Waals surface area contributed by atoms with Gasteiger partial charge in [0.2, 0.25) is 0 Å². The fourth-order valence-corrected chi connectivity index (χ4v) is 4.88. The Bertz CT molecular complexity index is 420. The minimum atomic E-state index is -4.05. The van der Waals surface area contributed by atoms with Crippen LogP contribution in [0.25, 0.3) is 0 Å². The zero-order chi connectivity index (χ0) is 18.3. The van der Waals surface area contributed by atoms with Crippen molar-refractivity contribution in [1.29, 1.82) is 0 Å². The summed E-state index contributed by atoms with van der Waals surface area (Å²) < 4.78 is 27.6. The molecule has 5 unspecified atom stereocenters. The summed E-state index contributed by atoms with van der Waals surface area (Å²) in [5.74, 6) is 0.260. The predicted molar refractivity (Wildman–Crippen MR) is 96.3 cm³/mol. The highest BCUT2D eigenvalue weighted by molar-refractivity contribution is 7.47. The molecule has 2 aliphatic rings. The van der Waals surface area contributed by atoms with E-state index in [1.165, 1.54) is 38.5 Å². The lowest BCUT2D eigenvalue weighted by molar-refractivity contribution is -0.0639. The van der Waals surface area contributed by atoms with Crippen LogP contribution >= 0.6 is 7.82 Å². The van der Waals surface area contributed by atoms with Gasteiger partial charge in [-0.1, -0.05) is 65.2 Å². The average Bonchev–Trinajstić information content (AvgIpc) is 2.89. The van der Waals surface area contributed by atoms with Gasteiger partial charge in [0, 0.05) is 0 Å². The van der Waals surface area contributed by atoms with Crippen LogP contribution in [0.4, 0.5) is 0 Å². The third-order valence-corrected chi connectivity index (χ3v) is 6.34. The molecule has 6 nitrogen and oxygen atoms in total. The predicted octanol–water partition coefficient (Wildman–Crippen LogP) is 4.19. The largest absolute Gasteiger partial charge is 0.472 e. The Hall–Kier alpha value is 0.0300. The molecular formula is C18H35O6P. The van der Waals surface area contributed by atoms with Gasteiger partial charge in [0.1, 0.15) is 18.3 Å². The van der Waals surface area contributed by atoms with E-state index in [-0.39, 0.29) is 18.6 Å². The second-order valence-corrected chi connectivity index (χ2v) is 8.83. The van der Waals surface area contributed by atoms with Gasteiger partial charge in [-0.2, -0.15) is 0 Å². The Kier molecular flexibility index (Phi) is 8.86. The lowest BCUT2D eigenvalue weighted by Crippen LogP contribution is -2.40. The molecule has 2 heterocycles. The molecule has 0 radical (unpaired) electrons. The monoisotopic (exact) mass is 378 g/mol. The van der Waals surface area contributed by atoms with Crippen molar-refractivity contribution < 1.29 is 28.3 Å². The van der Waals surface area contributed by atoms with Gasteiger partial charge in [-0.25, -0.2) is 4.57 Å². The highest BCUT2D eigenvalue weighted by atomic mass is 31.2. The molecule has 0 bridgehead atoms. The Morgan fingerprint density at radius 2 is 1.64 bits per heavy atom. The van der Waals surface area contributed by atoms with Crippen LogP contribution in [0.5, 0.6) is 0 Å². The van der Waals surface area contributed by atoms with E-state index in [1.807, 2.05) is 0 Å². The van der Waals surface area contributed by atoms with E-state index in [0.717, 1.165) is 25.7 Å². The Morgan fingerprint density at radius 1 is 1.04 bits per heavy atom. The van der Waals surface area contributed by atoms with Crippen LogP contribution < -0.4 is 0 Å². The van der Waals surface area contributed by atoms with Crippen LogP contribution in [0.2, 0.25) is 0 Å². The third-order valence-electron chi connectivity index (χ3n) is 5.35. The summed E-state index contributed by atoms with van der Waals surface area (Å²) in [5, 5.41) is 10.7. The van der Waals surface area contributed by atoms with Gasteiger partial charge in [0.25, 0.3) is 0 Å². The summed E-state index contributed by atoms with van der Waals surface area (Å²) in [6.07, 6.45) is 9.13. The zero-order valence-corrected chi connectivity index (χ0v) is 16.5. The first-order valence-electron chi connectivity index (χ1n) is 9.97. The second-order valence-electron chi connectivity index (χ2n) is 7.42. The summed E-state index contributed by atoms with van der Waals surface area (Å²) in [6.45, 7) is 4.40. The molecular weight excluding hydrogens is 343 g/mol. The number of rotatable bonds is 11. The van der Waals surface area contributed by atoms with Crippen molar-refractivity contribution in [3.05, 3.63) is 0 Å². The van der Waals surface area contributed by atoms with Gasteiger partial charge >= 0.3 is 7.82 Å². The van der Waals surface area contributed by atoms with Crippen LogP contribution in [0.1, 0.15) is 78.1 Å². The topological polar surface area (TPSA) is 85.2 Å². The van der Waals surface area contributed by atoms with Crippen molar-refractivity contribution in [2.24, 2.45) is 5.92 Å². The summed E-state index contributed by atoms with van der Waals surface area (Å²) in [5.41, 5.74) is 0. The van der Waals surface area contributed by atoms with Crippen LogP contribution in [0, 0.1) is 5.92 Å². The number of phosphoric ester groups is 1. The molecule has 0 aromatic heterocycles. The van der Waals surface area contributed by atoms with E-state index in [2.05, 4.69) is 13.8 Å². The van der Waals surface area contributed by atoms with Crippen molar-refractivity contribution in [1.82, 2.24) is 0 Å². The van der Waals surface area contributed by atoms with E-state index >= 15 is 0 Å². The minimum absolute atomic E-state index is 0.00436. The molecule has 2 saturated heterocycles. The normalized spacial score (nSPS) is 35.2. The minimum Gasteiger partial charge on any atom is -0.388 e. The fraction of sp³-hybridized carbons (Fsp3) is 1.00. The molecule has 0 aromatic carbocycles. The number of aliphatic hydroxyl groups is 1. The highest BCUT2D eigenvalue weighted by Gasteiger charge is 2.53. The molecule has 0 aromatic rings. The van der Waals surface area contributed by atoms with Crippen molar-refractivity contribution in [2.75, 3.05) is 6.61 Å². The Balaban J connectivity index is 1.93. The molecule has 2 fully saturated rings. The average molecular weight is 378 g/mol. The van der Waals surface area contributed by atoms with Gasteiger partial charge in [0.15, 0.2) is 0 Å². The quantitative estimate of drug-likeness (QED) is 0.414. The number of phosphoric acid groups is 1. The maximum Gasteiger partial charge on any atom is 0.472 e. The molecule has 148 valence electrons. The first kappa shape index (κ1) is 21.3. The molecule has 0 amide bonds. The summed E-state index contributed by atoms with van der Waals surface area (Å²) in [4.78, 5) is 9.51. The van der Waals surface area contributed by atoms with Crippen molar-refractivity contribution in [3.63, 3.8) is 0 Å². The Morgan fingerprint density at radius 3 is 2.20 bits per heavy atom. The van der Waals surface area contributed by atoms with Crippen LogP contribution in [0.15, 0.2) is 0 Å². The SMILES string of the molecule is CCCCCCC(CCCCCC)C1OC2COP(=O)(O)OC2C1O. The lowest BCUT2D eigenvalue weighted by Gasteiger charge is -2.28. The fourth-order valence-electron chi connectivity index (χ4n) is 3.91. The van der Waals surface area contributed by atoms with Gasteiger partial charge in [-0.05, 0) is 18.8 Å². The first-order chi connectivity index (χ1) is 12.0. The first-order valence-corrected chi connectivity index (χ1v) is 11.5. The van der Waals surface area contributed by atoms with E-state index in [4.69, 9.17) is 13.8 Å². The summed E-state index contributed by atoms with van der Waals surface area (Å²) >= 11 is 0. The molecule has 2 aliphatic heterocycles. The molecule has 0 spiro atoms.